The van der Waals surface area contributed by atoms with Crippen LogP contribution >= 0.6 is 0 Å². The van der Waals surface area contributed by atoms with Gasteiger partial charge in [0.2, 0.25) is 6.79 Å². The van der Waals surface area contributed by atoms with Crippen molar-refractivity contribution in [2.75, 3.05) is 18.7 Å². The fourth-order valence-corrected chi connectivity index (χ4v) is 2.88. The minimum atomic E-state index is 0.327. The summed E-state index contributed by atoms with van der Waals surface area (Å²) in [6.07, 6.45) is 5.04. The molecule has 1 heterocycles. The summed E-state index contributed by atoms with van der Waals surface area (Å²) in [5.41, 5.74) is 6.95. The molecular weight excluding hydrogens is 228 g/mol. The predicted molar refractivity (Wildman–Crippen MR) is 71.0 cm³/mol. The lowest BCUT2D eigenvalue weighted by Crippen LogP contribution is -2.36. The first-order valence-corrected chi connectivity index (χ1v) is 6.73. The Balaban J connectivity index is 1.71. The first-order valence-electron chi connectivity index (χ1n) is 6.73. The van der Waals surface area contributed by atoms with Gasteiger partial charge in [-0.25, -0.2) is 0 Å². The summed E-state index contributed by atoms with van der Waals surface area (Å²) >= 11 is 0. The van der Waals surface area contributed by atoms with Crippen LogP contribution in [0.3, 0.4) is 0 Å². The highest BCUT2D eigenvalue weighted by Crippen LogP contribution is 2.35. The van der Waals surface area contributed by atoms with Crippen molar-refractivity contribution in [3.63, 3.8) is 0 Å². The van der Waals surface area contributed by atoms with Gasteiger partial charge in [0.25, 0.3) is 0 Å². The van der Waals surface area contributed by atoms with Crippen LogP contribution in [0.4, 0.5) is 5.69 Å². The summed E-state index contributed by atoms with van der Waals surface area (Å²) in [5.74, 6) is 2.25. The summed E-state index contributed by atoms with van der Waals surface area (Å²) in [6.45, 7) is 1.09. The quantitative estimate of drug-likeness (QED) is 0.862. The topological polar surface area (TPSA) is 56.5 Å². The highest BCUT2D eigenvalue weighted by molar-refractivity contribution is 5.56. The standard InChI is InChI=1S/C14H20N2O2/c15-8-10-3-1-2-4-12(10)16-11-5-6-13-14(7-11)18-9-17-13/h5-7,10,12,16H,1-4,8-9,15H2. The van der Waals surface area contributed by atoms with E-state index in [1.165, 1.54) is 25.7 Å². The molecule has 1 aromatic carbocycles. The van der Waals surface area contributed by atoms with Crippen molar-refractivity contribution in [2.45, 2.75) is 31.7 Å². The number of anilines is 1. The van der Waals surface area contributed by atoms with Crippen molar-refractivity contribution < 1.29 is 9.47 Å². The first-order chi connectivity index (χ1) is 8.86. The molecule has 1 saturated carbocycles. The zero-order valence-electron chi connectivity index (χ0n) is 10.5. The fourth-order valence-electron chi connectivity index (χ4n) is 2.88. The van der Waals surface area contributed by atoms with Gasteiger partial charge in [-0.15, -0.1) is 0 Å². The van der Waals surface area contributed by atoms with Crippen LogP contribution in [0.1, 0.15) is 25.7 Å². The van der Waals surface area contributed by atoms with Gasteiger partial charge in [-0.3, -0.25) is 0 Å². The average molecular weight is 248 g/mol. The molecule has 1 aliphatic heterocycles. The summed E-state index contributed by atoms with van der Waals surface area (Å²) in [4.78, 5) is 0. The van der Waals surface area contributed by atoms with Gasteiger partial charge in [-0.1, -0.05) is 12.8 Å². The van der Waals surface area contributed by atoms with Crippen molar-refractivity contribution in [2.24, 2.45) is 11.7 Å². The van der Waals surface area contributed by atoms with Crippen LogP contribution in [0.15, 0.2) is 18.2 Å². The van der Waals surface area contributed by atoms with Gasteiger partial charge < -0.3 is 20.5 Å². The van der Waals surface area contributed by atoms with E-state index in [9.17, 15) is 0 Å². The lowest BCUT2D eigenvalue weighted by Gasteiger charge is -2.32. The van der Waals surface area contributed by atoms with Gasteiger partial charge in [0.15, 0.2) is 11.5 Å². The molecule has 2 aliphatic rings. The molecule has 0 aromatic heterocycles. The molecule has 2 atom stereocenters. The number of nitrogens with two attached hydrogens (primary N) is 1. The van der Waals surface area contributed by atoms with Crippen LogP contribution in [0.2, 0.25) is 0 Å². The van der Waals surface area contributed by atoms with Crippen LogP contribution < -0.4 is 20.5 Å². The Morgan fingerprint density at radius 2 is 2.00 bits per heavy atom. The second-order valence-electron chi connectivity index (χ2n) is 5.10. The largest absolute Gasteiger partial charge is 0.454 e. The van der Waals surface area contributed by atoms with Crippen LogP contribution in [-0.2, 0) is 0 Å². The maximum Gasteiger partial charge on any atom is 0.231 e. The van der Waals surface area contributed by atoms with E-state index in [1.54, 1.807) is 0 Å². The van der Waals surface area contributed by atoms with Crippen molar-refractivity contribution in [3.8, 4) is 11.5 Å². The Labute approximate surface area is 107 Å². The Morgan fingerprint density at radius 3 is 2.89 bits per heavy atom. The Hall–Kier alpha value is -1.42. The number of benzene rings is 1. The van der Waals surface area contributed by atoms with E-state index in [-0.39, 0.29) is 0 Å². The molecule has 3 N–H and O–H groups in total. The maximum absolute atomic E-state index is 5.85. The smallest absolute Gasteiger partial charge is 0.231 e. The van der Waals surface area contributed by atoms with Crippen LogP contribution in [0.25, 0.3) is 0 Å². The van der Waals surface area contributed by atoms with E-state index < -0.39 is 0 Å². The normalized spacial score (nSPS) is 26.1. The molecule has 4 heteroatoms. The number of fused-ring (bicyclic) bond motifs is 1. The van der Waals surface area contributed by atoms with E-state index in [1.807, 2.05) is 12.1 Å². The Morgan fingerprint density at radius 1 is 1.17 bits per heavy atom. The number of nitrogens with one attached hydrogen (secondary N) is 1. The molecule has 3 rings (SSSR count). The SMILES string of the molecule is NCC1CCCCC1Nc1ccc2c(c1)OCO2. The molecule has 98 valence electrons. The van der Waals surface area contributed by atoms with Crippen molar-refractivity contribution >= 4 is 5.69 Å². The summed E-state index contributed by atoms with van der Waals surface area (Å²) in [7, 11) is 0. The summed E-state index contributed by atoms with van der Waals surface area (Å²) in [5, 5.41) is 3.60. The number of hydrogen-bond donors (Lipinski definition) is 2. The third kappa shape index (κ3) is 2.25. The van der Waals surface area contributed by atoms with E-state index in [0.29, 0.717) is 18.8 Å². The van der Waals surface area contributed by atoms with E-state index in [2.05, 4.69) is 11.4 Å². The summed E-state index contributed by atoms with van der Waals surface area (Å²) in [6, 6.07) is 6.52. The molecular formula is C14H20N2O2. The second-order valence-corrected chi connectivity index (χ2v) is 5.10. The molecule has 0 amide bonds. The third-order valence-electron chi connectivity index (χ3n) is 3.94. The minimum absolute atomic E-state index is 0.327. The zero-order chi connectivity index (χ0) is 12.4. The van der Waals surface area contributed by atoms with Gasteiger partial charge in [0, 0.05) is 17.8 Å². The lowest BCUT2D eigenvalue weighted by molar-refractivity contribution is 0.174. The summed E-state index contributed by atoms with van der Waals surface area (Å²) < 4.78 is 10.7. The molecule has 4 nitrogen and oxygen atoms in total. The van der Waals surface area contributed by atoms with Crippen LogP contribution in [0, 0.1) is 5.92 Å². The molecule has 1 aliphatic carbocycles. The molecule has 1 aromatic rings. The van der Waals surface area contributed by atoms with E-state index >= 15 is 0 Å². The van der Waals surface area contributed by atoms with Gasteiger partial charge in [0.1, 0.15) is 0 Å². The maximum atomic E-state index is 5.85. The van der Waals surface area contributed by atoms with Crippen molar-refractivity contribution in [3.05, 3.63) is 18.2 Å². The first kappa shape index (κ1) is 11.7. The van der Waals surface area contributed by atoms with Gasteiger partial charge >= 0.3 is 0 Å². The van der Waals surface area contributed by atoms with E-state index in [4.69, 9.17) is 15.2 Å². The number of ether oxygens (including phenoxy) is 2. The third-order valence-corrected chi connectivity index (χ3v) is 3.94. The molecule has 0 spiro atoms. The Bertz CT molecular complexity index is 422. The fraction of sp³-hybridized carbons (Fsp3) is 0.571. The Kier molecular flexibility index (Phi) is 3.28. The predicted octanol–water partition coefficient (Wildman–Crippen LogP) is 2.34. The molecule has 2 unspecified atom stereocenters. The van der Waals surface area contributed by atoms with Gasteiger partial charge in [-0.05, 0) is 37.4 Å². The number of rotatable bonds is 3. The molecule has 0 bridgehead atoms. The van der Waals surface area contributed by atoms with Crippen LogP contribution in [-0.4, -0.2) is 19.4 Å². The van der Waals surface area contributed by atoms with Crippen molar-refractivity contribution in [1.82, 2.24) is 0 Å². The average Bonchev–Trinajstić information content (AvgIpc) is 2.87. The molecule has 0 saturated heterocycles. The molecule has 1 fully saturated rings. The minimum Gasteiger partial charge on any atom is -0.454 e. The highest BCUT2D eigenvalue weighted by Gasteiger charge is 2.24. The van der Waals surface area contributed by atoms with Crippen LogP contribution in [0.5, 0.6) is 11.5 Å². The monoisotopic (exact) mass is 248 g/mol. The lowest BCUT2D eigenvalue weighted by atomic mass is 9.84. The second kappa shape index (κ2) is 5.06. The number of hydrogen-bond acceptors (Lipinski definition) is 4. The highest BCUT2D eigenvalue weighted by atomic mass is 16.7. The van der Waals surface area contributed by atoms with Crippen molar-refractivity contribution in [1.29, 1.82) is 0 Å². The van der Waals surface area contributed by atoms with Gasteiger partial charge in [-0.2, -0.15) is 0 Å². The molecule has 0 radical (unpaired) electrons. The zero-order valence-corrected chi connectivity index (χ0v) is 10.5. The molecule has 18 heavy (non-hydrogen) atoms. The van der Waals surface area contributed by atoms with E-state index in [0.717, 1.165) is 23.7 Å². The van der Waals surface area contributed by atoms with Gasteiger partial charge in [0.05, 0.1) is 0 Å².